The number of halogens is 1. The van der Waals surface area contributed by atoms with E-state index in [1.165, 1.54) is 11.6 Å². The van der Waals surface area contributed by atoms with Crippen LogP contribution < -0.4 is 10.6 Å². The Labute approximate surface area is 111 Å². The van der Waals surface area contributed by atoms with Gasteiger partial charge in [0.25, 0.3) is 0 Å². The molecule has 3 nitrogen and oxygen atoms in total. The molecule has 0 amide bonds. The molecule has 4 heteroatoms. The first-order valence-corrected chi connectivity index (χ1v) is 6.46. The second-order valence-electron chi connectivity index (χ2n) is 4.84. The van der Waals surface area contributed by atoms with E-state index in [1.54, 1.807) is 12.3 Å². The first-order valence-electron chi connectivity index (χ1n) is 6.46. The Morgan fingerprint density at radius 3 is 2.95 bits per heavy atom. The summed E-state index contributed by atoms with van der Waals surface area (Å²) < 4.78 is 13.3. The van der Waals surface area contributed by atoms with Gasteiger partial charge in [-0.05, 0) is 36.2 Å². The third-order valence-electron chi connectivity index (χ3n) is 3.52. The highest BCUT2D eigenvalue weighted by Crippen LogP contribution is 2.28. The summed E-state index contributed by atoms with van der Waals surface area (Å²) >= 11 is 0. The van der Waals surface area contributed by atoms with E-state index in [4.69, 9.17) is 5.73 Å². The molecule has 0 fully saturated rings. The number of hydrogen-bond donors (Lipinski definition) is 1. The van der Waals surface area contributed by atoms with E-state index in [1.807, 2.05) is 18.2 Å². The van der Waals surface area contributed by atoms with Crippen LogP contribution in [-0.2, 0) is 12.8 Å². The molecular weight excluding hydrogens is 241 g/mol. The highest BCUT2D eigenvalue weighted by Gasteiger charge is 2.19. The lowest BCUT2D eigenvalue weighted by atomic mass is 10.1. The fourth-order valence-corrected chi connectivity index (χ4v) is 2.48. The van der Waals surface area contributed by atoms with Crippen molar-refractivity contribution in [3.05, 3.63) is 53.6 Å². The van der Waals surface area contributed by atoms with Crippen LogP contribution in [0.1, 0.15) is 11.3 Å². The van der Waals surface area contributed by atoms with Crippen LogP contribution in [0.5, 0.6) is 0 Å². The summed E-state index contributed by atoms with van der Waals surface area (Å²) in [6.07, 6.45) is 3.51. The standard InChI is InChI=1S/C15H16FN3/c16-12-2-1-11-5-7-19(15(11)9-12)8-6-14-4-3-13(17)10-18-14/h1-4,9-10H,5-8,17H2. The van der Waals surface area contributed by atoms with Crippen molar-refractivity contribution in [3.63, 3.8) is 0 Å². The summed E-state index contributed by atoms with van der Waals surface area (Å²) in [5.74, 6) is -0.170. The molecule has 1 aromatic heterocycles. The molecule has 1 aromatic carbocycles. The monoisotopic (exact) mass is 257 g/mol. The van der Waals surface area contributed by atoms with Crippen molar-refractivity contribution >= 4 is 11.4 Å². The maximum absolute atomic E-state index is 13.3. The Balaban J connectivity index is 1.69. The minimum Gasteiger partial charge on any atom is -0.397 e. The fraction of sp³-hybridized carbons (Fsp3) is 0.267. The number of fused-ring (bicyclic) bond motifs is 1. The normalized spacial score (nSPS) is 13.6. The van der Waals surface area contributed by atoms with Crippen molar-refractivity contribution in [2.45, 2.75) is 12.8 Å². The number of nitrogens with two attached hydrogens (primary N) is 1. The third kappa shape index (κ3) is 2.52. The number of benzene rings is 1. The Hall–Kier alpha value is -2.10. The Morgan fingerprint density at radius 1 is 1.26 bits per heavy atom. The molecule has 2 N–H and O–H groups in total. The van der Waals surface area contributed by atoms with Gasteiger partial charge in [-0.2, -0.15) is 0 Å². The molecular formula is C15H16FN3. The molecule has 0 saturated carbocycles. The van der Waals surface area contributed by atoms with E-state index in [9.17, 15) is 4.39 Å². The molecule has 1 aliphatic heterocycles. The van der Waals surface area contributed by atoms with Gasteiger partial charge in [-0.25, -0.2) is 4.39 Å². The van der Waals surface area contributed by atoms with E-state index in [-0.39, 0.29) is 5.82 Å². The van der Waals surface area contributed by atoms with E-state index >= 15 is 0 Å². The zero-order valence-corrected chi connectivity index (χ0v) is 10.6. The van der Waals surface area contributed by atoms with Crippen LogP contribution in [0.25, 0.3) is 0 Å². The Kier molecular flexibility index (Phi) is 3.07. The van der Waals surface area contributed by atoms with Crippen LogP contribution in [0.3, 0.4) is 0 Å². The maximum atomic E-state index is 13.3. The lowest BCUT2D eigenvalue weighted by Gasteiger charge is -2.19. The number of pyridine rings is 1. The molecule has 0 radical (unpaired) electrons. The summed E-state index contributed by atoms with van der Waals surface area (Å²) in [5, 5.41) is 0. The molecule has 0 spiro atoms. The highest BCUT2D eigenvalue weighted by atomic mass is 19.1. The molecule has 0 aliphatic carbocycles. The number of anilines is 2. The van der Waals surface area contributed by atoms with E-state index in [0.29, 0.717) is 5.69 Å². The molecule has 1 aliphatic rings. The molecule has 2 heterocycles. The van der Waals surface area contributed by atoms with Crippen molar-refractivity contribution in [1.29, 1.82) is 0 Å². The predicted molar refractivity (Wildman–Crippen MR) is 74.7 cm³/mol. The third-order valence-corrected chi connectivity index (χ3v) is 3.52. The quantitative estimate of drug-likeness (QED) is 0.918. The lowest BCUT2D eigenvalue weighted by Crippen LogP contribution is -2.23. The van der Waals surface area contributed by atoms with Crippen LogP contribution in [0.4, 0.5) is 15.8 Å². The zero-order valence-electron chi connectivity index (χ0n) is 10.6. The molecule has 0 unspecified atom stereocenters. The first kappa shape index (κ1) is 12.0. The topological polar surface area (TPSA) is 42.1 Å². The van der Waals surface area contributed by atoms with Crippen molar-refractivity contribution in [2.24, 2.45) is 0 Å². The van der Waals surface area contributed by atoms with Gasteiger partial charge in [-0.1, -0.05) is 6.07 Å². The van der Waals surface area contributed by atoms with Gasteiger partial charge in [-0.15, -0.1) is 0 Å². The van der Waals surface area contributed by atoms with Crippen LogP contribution in [0.2, 0.25) is 0 Å². The summed E-state index contributed by atoms with van der Waals surface area (Å²) in [6, 6.07) is 8.84. The molecule has 0 atom stereocenters. The Bertz CT molecular complexity index is 580. The summed E-state index contributed by atoms with van der Waals surface area (Å²) in [6.45, 7) is 1.81. The molecule has 98 valence electrons. The summed E-state index contributed by atoms with van der Waals surface area (Å²) in [4.78, 5) is 6.51. The molecule has 3 rings (SSSR count). The van der Waals surface area contributed by atoms with E-state index < -0.39 is 0 Å². The van der Waals surface area contributed by atoms with Crippen LogP contribution in [-0.4, -0.2) is 18.1 Å². The number of aromatic nitrogens is 1. The molecule has 2 aromatic rings. The minimum absolute atomic E-state index is 0.170. The van der Waals surface area contributed by atoms with Crippen LogP contribution in [0.15, 0.2) is 36.5 Å². The van der Waals surface area contributed by atoms with Gasteiger partial charge in [0.05, 0.1) is 11.9 Å². The summed E-state index contributed by atoms with van der Waals surface area (Å²) in [7, 11) is 0. The number of nitrogens with zero attached hydrogens (tertiary/aromatic N) is 2. The fourth-order valence-electron chi connectivity index (χ4n) is 2.48. The second-order valence-corrected chi connectivity index (χ2v) is 4.84. The van der Waals surface area contributed by atoms with Gasteiger partial charge in [0, 0.05) is 30.9 Å². The Morgan fingerprint density at radius 2 is 2.16 bits per heavy atom. The number of rotatable bonds is 3. The molecule has 0 saturated heterocycles. The highest BCUT2D eigenvalue weighted by molar-refractivity contribution is 5.58. The van der Waals surface area contributed by atoms with Gasteiger partial charge in [0.15, 0.2) is 0 Å². The predicted octanol–water partition coefficient (Wildman–Crippen LogP) is 2.41. The van der Waals surface area contributed by atoms with E-state index in [2.05, 4.69) is 9.88 Å². The van der Waals surface area contributed by atoms with E-state index in [0.717, 1.165) is 37.3 Å². The van der Waals surface area contributed by atoms with Crippen LogP contribution >= 0.6 is 0 Å². The van der Waals surface area contributed by atoms with Gasteiger partial charge in [0.2, 0.25) is 0 Å². The number of hydrogen-bond acceptors (Lipinski definition) is 3. The molecule has 19 heavy (non-hydrogen) atoms. The SMILES string of the molecule is Nc1ccc(CCN2CCc3ccc(F)cc32)nc1. The zero-order chi connectivity index (χ0) is 13.2. The lowest BCUT2D eigenvalue weighted by molar-refractivity contribution is 0.627. The number of nitrogen functional groups attached to an aromatic ring is 1. The average Bonchev–Trinajstić information content (AvgIpc) is 2.80. The minimum atomic E-state index is -0.170. The summed E-state index contributed by atoms with van der Waals surface area (Å²) in [5.41, 5.74) is 9.55. The van der Waals surface area contributed by atoms with Gasteiger partial charge in [0.1, 0.15) is 5.82 Å². The van der Waals surface area contributed by atoms with Crippen LogP contribution in [0, 0.1) is 5.82 Å². The van der Waals surface area contributed by atoms with Crippen molar-refractivity contribution in [2.75, 3.05) is 23.7 Å². The van der Waals surface area contributed by atoms with Gasteiger partial charge >= 0.3 is 0 Å². The van der Waals surface area contributed by atoms with Crippen molar-refractivity contribution in [1.82, 2.24) is 4.98 Å². The maximum Gasteiger partial charge on any atom is 0.125 e. The second kappa shape index (κ2) is 4.88. The van der Waals surface area contributed by atoms with Gasteiger partial charge in [-0.3, -0.25) is 4.98 Å². The first-order chi connectivity index (χ1) is 9.22. The van der Waals surface area contributed by atoms with Gasteiger partial charge < -0.3 is 10.6 Å². The van der Waals surface area contributed by atoms with Crippen molar-refractivity contribution < 1.29 is 4.39 Å². The largest absolute Gasteiger partial charge is 0.397 e. The average molecular weight is 257 g/mol. The smallest absolute Gasteiger partial charge is 0.125 e. The molecule has 0 bridgehead atoms. The van der Waals surface area contributed by atoms with Crippen molar-refractivity contribution in [3.8, 4) is 0 Å².